The van der Waals surface area contributed by atoms with E-state index in [-0.39, 0.29) is 5.56 Å². The van der Waals surface area contributed by atoms with Crippen molar-refractivity contribution in [1.82, 2.24) is 0 Å². The highest BCUT2D eigenvalue weighted by Crippen LogP contribution is 2.38. The van der Waals surface area contributed by atoms with Crippen LogP contribution in [0.5, 0.6) is 0 Å². The first-order valence-corrected chi connectivity index (χ1v) is 4.94. The minimum absolute atomic E-state index is 0.141. The Morgan fingerprint density at radius 3 is 2.31 bits per heavy atom. The third kappa shape index (κ3) is 2.32. The molecule has 0 amide bonds. The van der Waals surface area contributed by atoms with Gasteiger partial charge in [0.2, 0.25) is 0 Å². The fourth-order valence-electron chi connectivity index (χ4n) is 1.25. The van der Waals surface area contributed by atoms with E-state index in [1.54, 1.807) is 0 Å². The first kappa shape index (κ1) is 12.9. The molecular weight excluding hydrogens is 289 g/mol. The number of alkyl halides is 3. The van der Waals surface area contributed by atoms with Crippen molar-refractivity contribution in [2.24, 2.45) is 0 Å². The minimum atomic E-state index is -4.68. The average molecular weight is 295 g/mol. The molecule has 0 unspecified atom stereocenters. The second kappa shape index (κ2) is 4.37. The lowest BCUT2D eigenvalue weighted by Crippen LogP contribution is -2.13. The molecule has 0 atom stereocenters. The van der Waals surface area contributed by atoms with Gasteiger partial charge < -0.3 is 0 Å². The van der Waals surface area contributed by atoms with Crippen molar-refractivity contribution in [2.45, 2.75) is 13.1 Å². The Hall–Kier alpha value is -1.17. The highest BCUT2D eigenvalue weighted by atomic mass is 79.9. The van der Waals surface area contributed by atoms with E-state index in [0.717, 1.165) is 13.0 Å². The summed E-state index contributed by atoms with van der Waals surface area (Å²) in [6.07, 6.45) is -4.39. The summed E-state index contributed by atoms with van der Waals surface area (Å²) < 4.78 is 37.7. The molecule has 1 rings (SSSR count). The Balaban J connectivity index is 3.62. The molecule has 0 aliphatic heterocycles. The second-order valence-corrected chi connectivity index (χ2v) is 3.86. The number of halogens is 4. The Bertz CT molecular complexity index is 452. The molecule has 0 fully saturated rings. The molecule has 0 aliphatic rings. The van der Waals surface area contributed by atoms with Gasteiger partial charge in [-0.3, -0.25) is 9.59 Å². The highest BCUT2D eigenvalue weighted by Gasteiger charge is 2.37. The summed E-state index contributed by atoms with van der Waals surface area (Å²) in [7, 11) is 0. The van der Waals surface area contributed by atoms with Gasteiger partial charge in [0.05, 0.1) is 5.56 Å². The van der Waals surface area contributed by atoms with Crippen LogP contribution < -0.4 is 0 Å². The quantitative estimate of drug-likeness (QED) is 0.618. The molecule has 0 aliphatic carbocycles. The van der Waals surface area contributed by atoms with E-state index in [2.05, 4.69) is 15.9 Å². The summed E-state index contributed by atoms with van der Waals surface area (Å²) >= 11 is 2.69. The molecule has 2 nitrogen and oxygen atoms in total. The molecule has 0 radical (unpaired) electrons. The van der Waals surface area contributed by atoms with Crippen molar-refractivity contribution in [3.05, 3.63) is 33.3 Å². The second-order valence-electron chi connectivity index (χ2n) is 3.06. The smallest absolute Gasteiger partial charge is 0.298 e. The summed E-state index contributed by atoms with van der Waals surface area (Å²) in [5.41, 5.74) is -1.70. The summed E-state index contributed by atoms with van der Waals surface area (Å²) in [5.74, 6) is -0.703. The van der Waals surface area contributed by atoms with Gasteiger partial charge >= 0.3 is 6.18 Å². The Kier molecular flexibility index (Phi) is 3.52. The minimum Gasteiger partial charge on any atom is -0.298 e. The van der Waals surface area contributed by atoms with E-state index >= 15 is 0 Å². The van der Waals surface area contributed by atoms with Crippen LogP contribution in [-0.2, 0) is 6.18 Å². The first-order valence-electron chi connectivity index (χ1n) is 4.15. The summed E-state index contributed by atoms with van der Waals surface area (Å²) in [5, 5.41) is 0. The van der Waals surface area contributed by atoms with Crippen LogP contribution in [-0.4, -0.2) is 12.1 Å². The van der Waals surface area contributed by atoms with Crippen LogP contribution in [0, 0.1) is 0 Å². The van der Waals surface area contributed by atoms with Crippen molar-refractivity contribution in [3.8, 4) is 0 Å². The molecule has 16 heavy (non-hydrogen) atoms. The lowest BCUT2D eigenvalue weighted by atomic mass is 10.0. The van der Waals surface area contributed by atoms with E-state index in [1.807, 2.05) is 0 Å². The standard InChI is InChI=1S/C10H6BrF3O2/c1-5(16)7-3-2-6(4-15)9(11)8(7)10(12,13)14/h2-4H,1H3. The van der Waals surface area contributed by atoms with Crippen LogP contribution in [0.25, 0.3) is 0 Å². The molecule has 0 saturated carbocycles. The van der Waals surface area contributed by atoms with Crippen molar-refractivity contribution in [3.63, 3.8) is 0 Å². The fraction of sp³-hybridized carbons (Fsp3) is 0.200. The largest absolute Gasteiger partial charge is 0.418 e. The molecule has 0 aromatic heterocycles. The highest BCUT2D eigenvalue weighted by molar-refractivity contribution is 9.10. The molecule has 86 valence electrons. The molecule has 0 heterocycles. The third-order valence-corrected chi connectivity index (χ3v) is 2.82. The van der Waals surface area contributed by atoms with Crippen LogP contribution in [0.4, 0.5) is 13.2 Å². The molecule has 1 aromatic rings. The average Bonchev–Trinajstić information content (AvgIpc) is 2.14. The maximum Gasteiger partial charge on any atom is 0.418 e. The number of aldehydes is 1. The van der Waals surface area contributed by atoms with Gasteiger partial charge in [-0.05, 0) is 28.9 Å². The normalized spacial score (nSPS) is 11.3. The lowest BCUT2D eigenvalue weighted by Gasteiger charge is -2.14. The van der Waals surface area contributed by atoms with Gasteiger partial charge in [0.25, 0.3) is 0 Å². The lowest BCUT2D eigenvalue weighted by molar-refractivity contribution is -0.138. The monoisotopic (exact) mass is 294 g/mol. The van der Waals surface area contributed by atoms with Gasteiger partial charge in [0, 0.05) is 15.6 Å². The van der Waals surface area contributed by atoms with Crippen molar-refractivity contribution >= 4 is 28.0 Å². The summed E-state index contributed by atoms with van der Waals surface area (Å²) in [6.45, 7) is 1.04. The molecule has 0 N–H and O–H groups in total. The molecular formula is C10H6BrF3O2. The van der Waals surface area contributed by atoms with Gasteiger partial charge in [-0.2, -0.15) is 13.2 Å². The van der Waals surface area contributed by atoms with Gasteiger partial charge in [-0.15, -0.1) is 0 Å². The van der Waals surface area contributed by atoms with Crippen LogP contribution in [0.1, 0.15) is 33.2 Å². The van der Waals surface area contributed by atoms with Crippen LogP contribution in [0.3, 0.4) is 0 Å². The van der Waals surface area contributed by atoms with Gasteiger partial charge in [0.1, 0.15) is 0 Å². The number of hydrogen-bond acceptors (Lipinski definition) is 2. The van der Waals surface area contributed by atoms with Crippen molar-refractivity contribution < 1.29 is 22.8 Å². The zero-order valence-electron chi connectivity index (χ0n) is 8.06. The molecule has 0 spiro atoms. The number of hydrogen-bond donors (Lipinski definition) is 0. The Morgan fingerprint density at radius 1 is 1.38 bits per heavy atom. The molecule has 0 saturated heterocycles. The van der Waals surface area contributed by atoms with Crippen LogP contribution >= 0.6 is 15.9 Å². The maximum absolute atomic E-state index is 12.7. The van der Waals surface area contributed by atoms with E-state index in [9.17, 15) is 22.8 Å². The maximum atomic E-state index is 12.7. The van der Waals surface area contributed by atoms with Gasteiger partial charge in [-0.1, -0.05) is 6.07 Å². The first-order chi connectivity index (χ1) is 7.29. The van der Waals surface area contributed by atoms with Gasteiger partial charge in [0.15, 0.2) is 12.1 Å². The van der Waals surface area contributed by atoms with Crippen LogP contribution in [0.2, 0.25) is 0 Å². The fourth-order valence-corrected chi connectivity index (χ4v) is 1.92. The number of carbonyl (C=O) groups excluding carboxylic acids is 2. The Morgan fingerprint density at radius 2 is 1.94 bits per heavy atom. The molecule has 1 aromatic carbocycles. The number of benzene rings is 1. The summed E-state index contributed by atoms with van der Waals surface area (Å²) in [6, 6.07) is 2.17. The number of Topliss-reactive ketones (excluding diaryl/α,β-unsaturated/α-hetero) is 1. The van der Waals surface area contributed by atoms with Crippen molar-refractivity contribution in [2.75, 3.05) is 0 Å². The van der Waals surface area contributed by atoms with E-state index in [0.29, 0.717) is 6.29 Å². The zero-order chi connectivity index (χ0) is 12.5. The van der Waals surface area contributed by atoms with Crippen molar-refractivity contribution in [1.29, 1.82) is 0 Å². The topological polar surface area (TPSA) is 34.1 Å². The van der Waals surface area contributed by atoms with Gasteiger partial charge in [-0.25, -0.2) is 0 Å². The third-order valence-electron chi connectivity index (χ3n) is 1.96. The molecule has 6 heteroatoms. The van der Waals surface area contributed by atoms with E-state index in [4.69, 9.17) is 0 Å². The van der Waals surface area contributed by atoms with E-state index < -0.39 is 27.6 Å². The number of rotatable bonds is 2. The SMILES string of the molecule is CC(=O)c1ccc(C=O)c(Br)c1C(F)(F)F. The predicted octanol–water partition coefficient (Wildman–Crippen LogP) is 3.48. The molecule has 0 bridgehead atoms. The zero-order valence-corrected chi connectivity index (χ0v) is 9.65. The summed E-state index contributed by atoms with van der Waals surface area (Å²) in [4.78, 5) is 21.6. The number of ketones is 1. The van der Waals surface area contributed by atoms with E-state index in [1.165, 1.54) is 6.07 Å². The van der Waals surface area contributed by atoms with Crippen LogP contribution in [0.15, 0.2) is 16.6 Å². The number of carbonyl (C=O) groups is 2. The predicted molar refractivity (Wildman–Crippen MR) is 54.5 cm³/mol. The Labute approximate surface area is 97.6 Å².